The van der Waals surface area contributed by atoms with Crippen molar-refractivity contribution in [1.29, 1.82) is 0 Å². The van der Waals surface area contributed by atoms with E-state index in [9.17, 15) is 19.0 Å². The molecular formula is C23H21Br2ClNO7PS. The fraction of sp³-hybridized carbons (Fsp3) is 0.217. The van der Waals surface area contributed by atoms with Gasteiger partial charge in [-0.15, -0.1) is 11.3 Å². The lowest BCUT2D eigenvalue weighted by Gasteiger charge is -2.21. The second-order valence-corrected chi connectivity index (χ2v) is 12.7. The van der Waals surface area contributed by atoms with E-state index >= 15 is 0 Å². The van der Waals surface area contributed by atoms with Crippen molar-refractivity contribution in [1.82, 2.24) is 5.32 Å². The molecule has 36 heavy (non-hydrogen) atoms. The first-order valence-electron chi connectivity index (χ1n) is 10.4. The van der Waals surface area contributed by atoms with Gasteiger partial charge in [-0.05, 0) is 78.2 Å². The summed E-state index contributed by atoms with van der Waals surface area (Å²) in [5.41, 5.74) is -0.612. The number of amides is 1. The van der Waals surface area contributed by atoms with Crippen molar-refractivity contribution >= 4 is 90.6 Å². The van der Waals surface area contributed by atoms with E-state index < -0.39 is 38.2 Å². The van der Waals surface area contributed by atoms with E-state index in [0.29, 0.717) is 10.4 Å². The SMILES string of the molecule is CC(C)OC(=O)OCOP(=O)(O)C(C(=O)NC=Cc1cc(Br)cc(Br)c1)c1csc2ccc(Cl)cc12. The molecule has 3 aromatic rings. The molecule has 0 saturated carbocycles. The lowest BCUT2D eigenvalue weighted by Crippen LogP contribution is -2.26. The third kappa shape index (κ3) is 7.89. The van der Waals surface area contributed by atoms with E-state index in [2.05, 4.69) is 37.2 Å². The van der Waals surface area contributed by atoms with E-state index in [-0.39, 0.29) is 5.56 Å². The van der Waals surface area contributed by atoms with E-state index in [1.54, 1.807) is 43.5 Å². The van der Waals surface area contributed by atoms with Crippen LogP contribution in [0.25, 0.3) is 16.2 Å². The number of nitrogens with one attached hydrogen (secondary N) is 1. The van der Waals surface area contributed by atoms with Gasteiger partial charge in [0.15, 0.2) is 5.66 Å². The molecule has 2 atom stereocenters. The average molecular weight is 682 g/mol. The molecule has 0 fully saturated rings. The topological polar surface area (TPSA) is 111 Å². The summed E-state index contributed by atoms with van der Waals surface area (Å²) >= 11 is 14.2. The van der Waals surface area contributed by atoms with Crippen molar-refractivity contribution in [3.63, 3.8) is 0 Å². The summed E-state index contributed by atoms with van der Waals surface area (Å²) in [4.78, 5) is 35.6. The average Bonchev–Trinajstić information content (AvgIpc) is 3.14. The second-order valence-electron chi connectivity index (χ2n) is 7.65. The molecule has 1 amide bonds. The smallest absolute Gasteiger partial charge is 0.432 e. The Balaban J connectivity index is 1.87. The Hall–Kier alpha value is -1.72. The second kappa shape index (κ2) is 12.7. The van der Waals surface area contributed by atoms with Crippen LogP contribution >= 0.6 is 62.4 Å². The number of fused-ring (bicyclic) bond motifs is 1. The Morgan fingerprint density at radius 3 is 2.56 bits per heavy atom. The highest BCUT2D eigenvalue weighted by molar-refractivity contribution is 9.11. The van der Waals surface area contributed by atoms with Crippen LogP contribution < -0.4 is 5.32 Å². The molecule has 3 rings (SSSR count). The maximum Gasteiger partial charge on any atom is 0.510 e. The van der Waals surface area contributed by atoms with Gasteiger partial charge >= 0.3 is 13.8 Å². The van der Waals surface area contributed by atoms with Gasteiger partial charge < -0.3 is 19.7 Å². The molecule has 0 aliphatic rings. The molecule has 2 unspecified atom stereocenters. The summed E-state index contributed by atoms with van der Waals surface area (Å²) in [7, 11) is -4.72. The summed E-state index contributed by atoms with van der Waals surface area (Å²) in [5, 5.41) is 5.07. The highest BCUT2D eigenvalue weighted by Crippen LogP contribution is 2.58. The van der Waals surface area contributed by atoms with Gasteiger partial charge in [0.1, 0.15) is 0 Å². The highest BCUT2D eigenvalue weighted by Gasteiger charge is 2.41. The van der Waals surface area contributed by atoms with Crippen molar-refractivity contribution in [3.8, 4) is 0 Å². The lowest BCUT2D eigenvalue weighted by atomic mass is 10.1. The molecule has 0 aliphatic carbocycles. The molecule has 0 radical (unpaired) electrons. The number of hydrogen-bond acceptors (Lipinski definition) is 7. The minimum absolute atomic E-state index is 0.254. The molecule has 1 aromatic heterocycles. The van der Waals surface area contributed by atoms with Gasteiger partial charge in [0.25, 0.3) is 0 Å². The summed E-state index contributed by atoms with van der Waals surface area (Å²) in [6.07, 6.45) is 1.47. The maximum absolute atomic E-state index is 13.3. The molecule has 13 heteroatoms. The molecule has 2 N–H and O–H groups in total. The molecule has 0 saturated heterocycles. The summed E-state index contributed by atoms with van der Waals surface area (Å²) < 4.78 is 30.2. The summed E-state index contributed by atoms with van der Waals surface area (Å²) in [6.45, 7) is 2.35. The zero-order valence-electron chi connectivity index (χ0n) is 18.9. The largest absolute Gasteiger partial charge is 0.510 e. The number of hydrogen-bond donors (Lipinski definition) is 2. The van der Waals surface area contributed by atoms with Crippen molar-refractivity contribution in [3.05, 3.63) is 73.1 Å². The zero-order chi connectivity index (χ0) is 26.5. The Morgan fingerprint density at radius 1 is 1.19 bits per heavy atom. The number of thiophene rings is 1. The quantitative estimate of drug-likeness (QED) is 0.136. The van der Waals surface area contributed by atoms with Crippen LogP contribution in [-0.4, -0.2) is 29.9 Å². The van der Waals surface area contributed by atoms with Crippen molar-refractivity contribution < 1.29 is 33.0 Å². The van der Waals surface area contributed by atoms with Crippen LogP contribution in [0.3, 0.4) is 0 Å². The number of ether oxygens (including phenoxy) is 2. The summed E-state index contributed by atoms with van der Waals surface area (Å²) in [5.74, 6) is -0.796. The van der Waals surface area contributed by atoms with Gasteiger partial charge in [-0.2, -0.15) is 0 Å². The normalized spacial score (nSPS) is 14.1. The Labute approximate surface area is 233 Å². The van der Waals surface area contributed by atoms with Gasteiger partial charge in [-0.3, -0.25) is 13.9 Å². The van der Waals surface area contributed by atoms with Crippen LogP contribution in [0.5, 0.6) is 0 Å². The molecule has 0 bridgehead atoms. The number of carbonyl (C=O) groups is 2. The molecular weight excluding hydrogens is 661 g/mol. The standard InChI is InChI=1S/C23H21Br2ClNO7PS/c1-13(2)34-23(29)32-12-33-35(30,31)21(19-11-36-20-4-3-17(26)10-18(19)20)22(28)27-6-5-14-7-15(24)9-16(25)8-14/h3-11,13,21H,12H2,1-2H3,(H,27,28)(H,30,31). The van der Waals surface area contributed by atoms with E-state index in [1.165, 1.54) is 17.5 Å². The van der Waals surface area contributed by atoms with Crippen LogP contribution in [0.1, 0.15) is 30.6 Å². The van der Waals surface area contributed by atoms with E-state index in [1.807, 2.05) is 18.2 Å². The van der Waals surface area contributed by atoms with Gasteiger partial charge in [0.05, 0.1) is 6.10 Å². The maximum atomic E-state index is 13.3. The minimum atomic E-state index is -4.72. The first-order chi connectivity index (χ1) is 17.0. The van der Waals surface area contributed by atoms with Crippen molar-refractivity contribution in [2.24, 2.45) is 0 Å². The van der Waals surface area contributed by atoms with E-state index in [0.717, 1.165) is 19.2 Å². The van der Waals surface area contributed by atoms with Gasteiger partial charge in [-0.1, -0.05) is 43.5 Å². The number of carbonyl (C=O) groups excluding carboxylic acids is 2. The third-order valence-corrected chi connectivity index (χ3v) is 8.34. The fourth-order valence-electron chi connectivity index (χ4n) is 3.12. The van der Waals surface area contributed by atoms with Gasteiger partial charge in [0, 0.05) is 24.9 Å². The van der Waals surface area contributed by atoms with Crippen LogP contribution in [0.2, 0.25) is 5.02 Å². The van der Waals surface area contributed by atoms with Crippen LogP contribution in [0.15, 0.2) is 56.9 Å². The minimum Gasteiger partial charge on any atom is -0.432 e. The molecule has 1 heterocycles. The number of halogens is 3. The molecule has 8 nitrogen and oxygen atoms in total. The van der Waals surface area contributed by atoms with Crippen molar-refractivity contribution in [2.75, 3.05) is 6.79 Å². The molecule has 2 aromatic carbocycles. The van der Waals surface area contributed by atoms with Crippen LogP contribution in [-0.2, 0) is 23.4 Å². The number of benzene rings is 2. The fourth-order valence-corrected chi connectivity index (χ4v) is 6.98. The lowest BCUT2D eigenvalue weighted by molar-refractivity contribution is -0.120. The zero-order valence-corrected chi connectivity index (χ0v) is 24.6. The predicted octanol–water partition coefficient (Wildman–Crippen LogP) is 7.63. The first kappa shape index (κ1) is 28.8. The summed E-state index contributed by atoms with van der Waals surface area (Å²) in [6, 6.07) is 10.5. The molecule has 192 valence electrons. The molecule has 0 aliphatic heterocycles. The Morgan fingerprint density at radius 2 is 1.89 bits per heavy atom. The van der Waals surface area contributed by atoms with Crippen LogP contribution in [0, 0.1) is 0 Å². The van der Waals surface area contributed by atoms with E-state index in [4.69, 9.17) is 25.6 Å². The third-order valence-electron chi connectivity index (χ3n) is 4.57. The Kier molecular flexibility index (Phi) is 10.2. The van der Waals surface area contributed by atoms with Crippen molar-refractivity contribution in [2.45, 2.75) is 25.6 Å². The Bertz CT molecular complexity index is 1330. The van der Waals surface area contributed by atoms with Gasteiger partial charge in [0.2, 0.25) is 12.7 Å². The molecule has 0 spiro atoms. The van der Waals surface area contributed by atoms with Crippen LogP contribution in [0.4, 0.5) is 4.79 Å². The first-order valence-corrected chi connectivity index (χ1v) is 14.9. The van der Waals surface area contributed by atoms with Gasteiger partial charge in [-0.25, -0.2) is 4.79 Å². The number of rotatable bonds is 9. The predicted molar refractivity (Wildman–Crippen MR) is 147 cm³/mol. The highest BCUT2D eigenvalue weighted by atomic mass is 79.9. The monoisotopic (exact) mass is 679 g/mol.